The predicted molar refractivity (Wildman–Crippen MR) is 68.2 cm³/mol. The molecular formula is C12H24N2O4. The average molecular weight is 260 g/mol. The Morgan fingerprint density at radius 2 is 1.78 bits per heavy atom. The third kappa shape index (κ3) is 8.95. The Balaban J connectivity index is 3.81. The summed E-state index contributed by atoms with van der Waals surface area (Å²) in [6.07, 6.45) is 1.09. The molecule has 6 nitrogen and oxygen atoms in total. The van der Waals surface area contributed by atoms with Crippen LogP contribution in [0, 0.1) is 0 Å². The molecule has 18 heavy (non-hydrogen) atoms. The van der Waals surface area contributed by atoms with Crippen LogP contribution in [0.2, 0.25) is 0 Å². The third-order valence-electron chi connectivity index (χ3n) is 2.46. The molecule has 0 atom stereocenters. The number of nitrogens with one attached hydrogen (secondary N) is 1. The Hall–Kier alpha value is -1.14. The highest BCUT2D eigenvalue weighted by Gasteiger charge is 2.10. The molecule has 0 aliphatic rings. The minimum atomic E-state index is -0.0648. The van der Waals surface area contributed by atoms with E-state index < -0.39 is 0 Å². The summed E-state index contributed by atoms with van der Waals surface area (Å²) in [5.74, 6) is -0.0826. The van der Waals surface area contributed by atoms with Gasteiger partial charge in [0.2, 0.25) is 11.8 Å². The first-order valence-electron chi connectivity index (χ1n) is 6.12. The number of rotatable bonds is 10. The summed E-state index contributed by atoms with van der Waals surface area (Å²) in [5.41, 5.74) is 0. The second-order valence-corrected chi connectivity index (χ2v) is 3.95. The number of nitrogens with zero attached hydrogens (tertiary/aromatic N) is 1. The summed E-state index contributed by atoms with van der Waals surface area (Å²) in [7, 11) is 3.21. The van der Waals surface area contributed by atoms with Crippen LogP contribution in [0.15, 0.2) is 0 Å². The molecule has 2 amide bonds. The molecular weight excluding hydrogens is 236 g/mol. The van der Waals surface area contributed by atoms with Gasteiger partial charge in [0.1, 0.15) is 0 Å². The molecule has 0 aromatic heterocycles. The van der Waals surface area contributed by atoms with Gasteiger partial charge in [-0.05, 0) is 6.42 Å². The fourth-order valence-corrected chi connectivity index (χ4v) is 1.44. The lowest BCUT2D eigenvalue weighted by atomic mass is 10.3. The van der Waals surface area contributed by atoms with Crippen LogP contribution in [-0.4, -0.2) is 63.8 Å². The van der Waals surface area contributed by atoms with Crippen molar-refractivity contribution >= 4 is 11.8 Å². The first-order valence-corrected chi connectivity index (χ1v) is 6.12. The largest absolute Gasteiger partial charge is 0.385 e. The van der Waals surface area contributed by atoms with Crippen molar-refractivity contribution in [1.29, 1.82) is 0 Å². The molecule has 0 aromatic carbocycles. The van der Waals surface area contributed by atoms with Crippen molar-refractivity contribution in [2.75, 3.05) is 47.1 Å². The Bertz CT molecular complexity index is 246. The Kier molecular flexibility index (Phi) is 10.3. The van der Waals surface area contributed by atoms with Crippen LogP contribution in [0.3, 0.4) is 0 Å². The number of ether oxygens (including phenoxy) is 2. The molecule has 0 unspecified atom stereocenters. The maximum absolute atomic E-state index is 11.4. The van der Waals surface area contributed by atoms with Gasteiger partial charge in [-0.2, -0.15) is 0 Å². The second kappa shape index (κ2) is 11.0. The van der Waals surface area contributed by atoms with E-state index >= 15 is 0 Å². The van der Waals surface area contributed by atoms with Gasteiger partial charge < -0.3 is 19.7 Å². The Morgan fingerprint density at radius 3 is 2.33 bits per heavy atom. The number of methoxy groups -OCH3 is 2. The lowest BCUT2D eigenvalue weighted by Crippen LogP contribution is -2.35. The highest BCUT2D eigenvalue weighted by atomic mass is 16.5. The fourth-order valence-electron chi connectivity index (χ4n) is 1.44. The van der Waals surface area contributed by atoms with Gasteiger partial charge in [-0.1, -0.05) is 0 Å². The first-order chi connectivity index (χ1) is 8.61. The van der Waals surface area contributed by atoms with Crippen molar-refractivity contribution in [3.63, 3.8) is 0 Å². The zero-order chi connectivity index (χ0) is 13.8. The van der Waals surface area contributed by atoms with Gasteiger partial charge in [-0.15, -0.1) is 0 Å². The lowest BCUT2D eigenvalue weighted by molar-refractivity contribution is -0.129. The first kappa shape index (κ1) is 16.9. The topological polar surface area (TPSA) is 67.9 Å². The monoisotopic (exact) mass is 260 g/mol. The van der Waals surface area contributed by atoms with E-state index in [0.717, 1.165) is 6.42 Å². The van der Waals surface area contributed by atoms with Gasteiger partial charge in [-0.3, -0.25) is 9.59 Å². The number of hydrogen-bond acceptors (Lipinski definition) is 4. The molecule has 0 bridgehead atoms. The second-order valence-electron chi connectivity index (χ2n) is 3.95. The van der Waals surface area contributed by atoms with E-state index in [1.807, 2.05) is 0 Å². The van der Waals surface area contributed by atoms with Crippen LogP contribution in [-0.2, 0) is 19.1 Å². The van der Waals surface area contributed by atoms with Crippen molar-refractivity contribution in [3.8, 4) is 0 Å². The van der Waals surface area contributed by atoms with Crippen molar-refractivity contribution in [1.82, 2.24) is 10.2 Å². The molecule has 0 rings (SSSR count). The van der Waals surface area contributed by atoms with Gasteiger partial charge in [0, 0.05) is 53.8 Å². The van der Waals surface area contributed by atoms with Gasteiger partial charge in [-0.25, -0.2) is 0 Å². The van der Waals surface area contributed by atoms with Gasteiger partial charge in [0.05, 0.1) is 6.61 Å². The summed E-state index contributed by atoms with van der Waals surface area (Å²) < 4.78 is 9.76. The molecule has 106 valence electrons. The predicted octanol–water partition coefficient (Wildman–Crippen LogP) is 0.0241. The lowest BCUT2D eigenvalue weighted by Gasteiger charge is -2.20. The molecule has 6 heteroatoms. The zero-order valence-corrected chi connectivity index (χ0v) is 11.5. The van der Waals surface area contributed by atoms with Gasteiger partial charge in [0.25, 0.3) is 0 Å². The quantitative estimate of drug-likeness (QED) is 0.562. The number of carbonyl (C=O) groups is 2. The molecule has 0 aliphatic heterocycles. The molecule has 0 saturated carbocycles. The fraction of sp³-hybridized carbons (Fsp3) is 0.833. The SMILES string of the molecule is COCCCN(CCC(=O)NCCOC)C(C)=O. The number of hydrogen-bond donors (Lipinski definition) is 1. The van der Waals surface area contributed by atoms with E-state index in [4.69, 9.17) is 9.47 Å². The van der Waals surface area contributed by atoms with E-state index in [9.17, 15) is 9.59 Å². The summed E-state index contributed by atoms with van der Waals surface area (Å²) in [6, 6.07) is 0. The molecule has 0 aromatic rings. The van der Waals surface area contributed by atoms with Crippen LogP contribution >= 0.6 is 0 Å². The van der Waals surface area contributed by atoms with E-state index in [2.05, 4.69) is 5.32 Å². The van der Waals surface area contributed by atoms with Crippen molar-refractivity contribution in [2.24, 2.45) is 0 Å². The summed E-state index contributed by atoms with van der Waals surface area (Å²) >= 11 is 0. The van der Waals surface area contributed by atoms with E-state index in [1.54, 1.807) is 19.1 Å². The van der Waals surface area contributed by atoms with Crippen molar-refractivity contribution in [2.45, 2.75) is 19.8 Å². The van der Waals surface area contributed by atoms with Crippen LogP contribution in [0.25, 0.3) is 0 Å². The summed E-state index contributed by atoms with van der Waals surface area (Å²) in [6.45, 7) is 4.18. The van der Waals surface area contributed by atoms with E-state index in [1.165, 1.54) is 6.92 Å². The standard InChI is InChI=1S/C12H24N2O4/c1-11(15)14(7-4-9-17-2)8-5-12(16)13-6-10-18-3/h4-10H2,1-3H3,(H,13,16). The van der Waals surface area contributed by atoms with Gasteiger partial charge in [0.15, 0.2) is 0 Å². The van der Waals surface area contributed by atoms with Crippen LogP contribution in [0.5, 0.6) is 0 Å². The molecule has 0 heterocycles. The molecule has 1 N–H and O–H groups in total. The summed E-state index contributed by atoms with van der Waals surface area (Å²) in [5, 5.41) is 2.72. The van der Waals surface area contributed by atoms with E-state index in [-0.39, 0.29) is 11.8 Å². The zero-order valence-electron chi connectivity index (χ0n) is 11.5. The Morgan fingerprint density at radius 1 is 1.11 bits per heavy atom. The number of amides is 2. The van der Waals surface area contributed by atoms with Gasteiger partial charge >= 0.3 is 0 Å². The molecule has 0 fully saturated rings. The highest BCUT2D eigenvalue weighted by molar-refractivity contribution is 5.77. The molecule has 0 spiro atoms. The summed E-state index contributed by atoms with van der Waals surface area (Å²) in [4.78, 5) is 24.5. The normalized spacial score (nSPS) is 10.2. The van der Waals surface area contributed by atoms with E-state index in [0.29, 0.717) is 39.3 Å². The minimum Gasteiger partial charge on any atom is -0.385 e. The number of carbonyl (C=O) groups excluding carboxylic acids is 2. The van der Waals surface area contributed by atoms with Crippen LogP contribution < -0.4 is 5.32 Å². The maximum Gasteiger partial charge on any atom is 0.221 e. The van der Waals surface area contributed by atoms with Crippen molar-refractivity contribution in [3.05, 3.63) is 0 Å². The van der Waals surface area contributed by atoms with Crippen LogP contribution in [0.1, 0.15) is 19.8 Å². The smallest absolute Gasteiger partial charge is 0.221 e. The van der Waals surface area contributed by atoms with Crippen LogP contribution in [0.4, 0.5) is 0 Å². The Labute approximate surface area is 109 Å². The molecule has 0 saturated heterocycles. The maximum atomic E-state index is 11.4. The third-order valence-corrected chi connectivity index (χ3v) is 2.46. The average Bonchev–Trinajstić information content (AvgIpc) is 2.33. The highest BCUT2D eigenvalue weighted by Crippen LogP contribution is 1.96. The molecule has 0 aliphatic carbocycles. The minimum absolute atomic E-state index is 0.0178. The molecule has 0 radical (unpaired) electrons. The van der Waals surface area contributed by atoms with Crippen molar-refractivity contribution < 1.29 is 19.1 Å².